The number of thiazole rings is 1. The number of nitrogens with zero attached hydrogens (tertiary/aromatic N) is 3. The second-order valence-corrected chi connectivity index (χ2v) is 6.95. The van der Waals surface area contributed by atoms with Gasteiger partial charge in [-0.05, 0) is 31.2 Å². The molecule has 7 nitrogen and oxygen atoms in total. The summed E-state index contributed by atoms with van der Waals surface area (Å²) in [6.07, 6.45) is 1.68. The Bertz CT molecular complexity index is 913. The lowest BCUT2D eigenvalue weighted by molar-refractivity contribution is 0.262. The molecule has 3 N–H and O–H groups in total. The molecule has 9 heteroatoms. The molecule has 25 heavy (non-hydrogen) atoms. The van der Waals surface area contributed by atoms with E-state index in [1.54, 1.807) is 13.2 Å². The monoisotopic (exact) mass is 418 g/mol. The Kier molecular flexibility index (Phi) is 5.25. The molecule has 3 rings (SSSR count). The first-order valence-electron chi connectivity index (χ1n) is 7.37. The smallest absolute Gasteiger partial charge is 0.325 e. The molecule has 0 bridgehead atoms. The Morgan fingerprint density at radius 3 is 2.80 bits per heavy atom. The SMILES string of the molecule is CNc1nccc(-c2sc(NC(=O)Nc3cccc(Br)c3)nc2C)n1. The summed E-state index contributed by atoms with van der Waals surface area (Å²) < 4.78 is 0.891. The summed E-state index contributed by atoms with van der Waals surface area (Å²) in [6.45, 7) is 1.88. The molecule has 0 aliphatic heterocycles. The highest BCUT2D eigenvalue weighted by Crippen LogP contribution is 2.31. The lowest BCUT2D eigenvalue weighted by Gasteiger charge is -2.05. The zero-order valence-corrected chi connectivity index (χ0v) is 15.9. The highest BCUT2D eigenvalue weighted by atomic mass is 79.9. The van der Waals surface area contributed by atoms with Gasteiger partial charge in [0, 0.05) is 23.4 Å². The maximum absolute atomic E-state index is 12.1. The van der Waals surface area contributed by atoms with Crippen LogP contribution in [0.25, 0.3) is 10.6 Å². The minimum atomic E-state index is -0.350. The number of aryl methyl sites for hydroxylation is 1. The van der Waals surface area contributed by atoms with Gasteiger partial charge in [-0.3, -0.25) is 5.32 Å². The van der Waals surface area contributed by atoms with Crippen LogP contribution in [-0.4, -0.2) is 28.0 Å². The molecule has 0 saturated heterocycles. The number of benzene rings is 1. The molecule has 2 aromatic heterocycles. The van der Waals surface area contributed by atoms with E-state index in [0.717, 1.165) is 20.7 Å². The predicted molar refractivity (Wildman–Crippen MR) is 104 cm³/mol. The second-order valence-electron chi connectivity index (χ2n) is 5.04. The molecule has 0 unspecified atom stereocenters. The molecule has 0 aliphatic rings. The first kappa shape index (κ1) is 17.3. The fourth-order valence-electron chi connectivity index (χ4n) is 2.12. The zero-order valence-electron chi connectivity index (χ0n) is 13.5. The standard InChI is InChI=1S/C16H15BrN6OS/c1-9-13(12-6-7-19-14(18-2)22-12)25-16(20-9)23-15(24)21-11-5-3-4-10(17)8-11/h3-8H,1-2H3,(H,18,19,22)(H2,20,21,23,24). The number of carbonyl (C=O) groups excluding carboxylic acids is 1. The number of rotatable bonds is 4. The van der Waals surface area contributed by atoms with Crippen molar-refractivity contribution in [1.29, 1.82) is 0 Å². The number of nitrogens with one attached hydrogen (secondary N) is 3. The predicted octanol–water partition coefficient (Wildman–Crippen LogP) is 4.36. The van der Waals surface area contributed by atoms with Gasteiger partial charge >= 0.3 is 6.03 Å². The van der Waals surface area contributed by atoms with E-state index < -0.39 is 0 Å². The van der Waals surface area contributed by atoms with Gasteiger partial charge in [0.15, 0.2) is 5.13 Å². The highest BCUT2D eigenvalue weighted by molar-refractivity contribution is 9.10. The van der Waals surface area contributed by atoms with Crippen molar-refractivity contribution < 1.29 is 4.79 Å². The van der Waals surface area contributed by atoms with Crippen LogP contribution in [0.2, 0.25) is 0 Å². The van der Waals surface area contributed by atoms with Gasteiger partial charge < -0.3 is 10.6 Å². The molecule has 3 aromatic rings. The fourth-order valence-corrected chi connectivity index (χ4v) is 3.45. The third-order valence-corrected chi connectivity index (χ3v) is 4.80. The molecule has 1 aromatic carbocycles. The molecule has 2 heterocycles. The Labute approximate surface area is 157 Å². The summed E-state index contributed by atoms with van der Waals surface area (Å²) in [5.74, 6) is 0.534. The number of halogens is 1. The topological polar surface area (TPSA) is 91.8 Å². The van der Waals surface area contributed by atoms with Crippen LogP contribution < -0.4 is 16.0 Å². The van der Waals surface area contributed by atoms with E-state index in [1.807, 2.05) is 37.3 Å². The van der Waals surface area contributed by atoms with Crippen molar-refractivity contribution in [3.63, 3.8) is 0 Å². The third-order valence-electron chi connectivity index (χ3n) is 3.21. The molecule has 128 valence electrons. The highest BCUT2D eigenvalue weighted by Gasteiger charge is 2.13. The van der Waals surface area contributed by atoms with Crippen LogP contribution >= 0.6 is 27.3 Å². The number of aromatic nitrogens is 3. The summed E-state index contributed by atoms with van der Waals surface area (Å²) in [7, 11) is 1.76. The average molecular weight is 419 g/mol. The summed E-state index contributed by atoms with van der Waals surface area (Å²) in [4.78, 5) is 25.9. The number of hydrogen-bond acceptors (Lipinski definition) is 6. The van der Waals surface area contributed by atoms with Crippen molar-refractivity contribution in [1.82, 2.24) is 15.0 Å². The lowest BCUT2D eigenvalue weighted by atomic mass is 10.3. The van der Waals surface area contributed by atoms with Gasteiger partial charge in [0.25, 0.3) is 0 Å². The van der Waals surface area contributed by atoms with Crippen molar-refractivity contribution in [2.45, 2.75) is 6.92 Å². The molecule has 0 saturated carbocycles. The molecule has 0 atom stereocenters. The van der Waals surface area contributed by atoms with E-state index in [1.165, 1.54) is 11.3 Å². The van der Waals surface area contributed by atoms with E-state index in [-0.39, 0.29) is 6.03 Å². The Balaban J connectivity index is 1.74. The van der Waals surface area contributed by atoms with Gasteiger partial charge in [-0.15, -0.1) is 0 Å². The van der Waals surface area contributed by atoms with E-state index >= 15 is 0 Å². The van der Waals surface area contributed by atoms with Gasteiger partial charge in [0.2, 0.25) is 5.95 Å². The van der Waals surface area contributed by atoms with E-state index in [0.29, 0.717) is 16.8 Å². The largest absolute Gasteiger partial charge is 0.357 e. The Hall–Kier alpha value is -2.52. The molecular weight excluding hydrogens is 404 g/mol. The van der Waals surface area contributed by atoms with Gasteiger partial charge in [0.05, 0.1) is 16.3 Å². The molecule has 0 fully saturated rings. The van der Waals surface area contributed by atoms with Crippen LogP contribution in [0.15, 0.2) is 41.0 Å². The number of urea groups is 1. The van der Waals surface area contributed by atoms with Gasteiger partial charge in [-0.25, -0.2) is 19.7 Å². The maximum Gasteiger partial charge on any atom is 0.325 e. The summed E-state index contributed by atoms with van der Waals surface area (Å²) >= 11 is 4.73. The summed E-state index contributed by atoms with van der Waals surface area (Å²) in [6, 6.07) is 8.83. The van der Waals surface area contributed by atoms with Crippen molar-refractivity contribution in [3.8, 4) is 10.6 Å². The van der Waals surface area contributed by atoms with Gasteiger partial charge in [-0.2, -0.15) is 0 Å². The van der Waals surface area contributed by atoms with Crippen LogP contribution in [-0.2, 0) is 0 Å². The van der Waals surface area contributed by atoms with Crippen molar-refractivity contribution >= 4 is 50.1 Å². The third kappa shape index (κ3) is 4.31. The number of carbonyl (C=O) groups is 1. The minimum Gasteiger partial charge on any atom is -0.357 e. The van der Waals surface area contributed by atoms with Crippen LogP contribution in [0, 0.1) is 6.92 Å². The number of anilines is 3. The molecular formula is C16H15BrN6OS. The normalized spacial score (nSPS) is 10.4. The lowest BCUT2D eigenvalue weighted by Crippen LogP contribution is -2.19. The number of hydrogen-bond donors (Lipinski definition) is 3. The molecule has 2 amide bonds. The fraction of sp³-hybridized carbons (Fsp3) is 0.125. The molecule has 0 aliphatic carbocycles. The van der Waals surface area contributed by atoms with Crippen LogP contribution in [0.3, 0.4) is 0 Å². The van der Waals surface area contributed by atoms with E-state index in [4.69, 9.17) is 0 Å². The van der Waals surface area contributed by atoms with Crippen LogP contribution in [0.4, 0.5) is 21.6 Å². The van der Waals surface area contributed by atoms with E-state index in [9.17, 15) is 4.79 Å². The first-order valence-corrected chi connectivity index (χ1v) is 8.98. The summed E-state index contributed by atoms with van der Waals surface area (Å²) in [5.41, 5.74) is 2.24. The second kappa shape index (κ2) is 7.58. The quantitative estimate of drug-likeness (QED) is 0.585. The minimum absolute atomic E-state index is 0.350. The Morgan fingerprint density at radius 2 is 2.04 bits per heavy atom. The van der Waals surface area contributed by atoms with Crippen molar-refractivity contribution in [2.24, 2.45) is 0 Å². The van der Waals surface area contributed by atoms with Crippen LogP contribution in [0.5, 0.6) is 0 Å². The van der Waals surface area contributed by atoms with Crippen molar-refractivity contribution in [2.75, 3.05) is 23.0 Å². The molecule has 0 radical (unpaired) electrons. The van der Waals surface area contributed by atoms with Crippen LogP contribution in [0.1, 0.15) is 5.69 Å². The van der Waals surface area contributed by atoms with Gasteiger partial charge in [0.1, 0.15) is 0 Å². The number of amides is 2. The first-order chi connectivity index (χ1) is 12.0. The van der Waals surface area contributed by atoms with E-state index in [2.05, 4.69) is 46.8 Å². The average Bonchev–Trinajstić information content (AvgIpc) is 2.95. The zero-order chi connectivity index (χ0) is 17.8. The molecule has 0 spiro atoms. The van der Waals surface area contributed by atoms with Gasteiger partial charge in [-0.1, -0.05) is 33.3 Å². The summed E-state index contributed by atoms with van der Waals surface area (Å²) in [5, 5.41) is 8.93. The van der Waals surface area contributed by atoms with Crippen molar-refractivity contribution in [3.05, 3.63) is 46.7 Å². The Morgan fingerprint density at radius 1 is 1.20 bits per heavy atom. The maximum atomic E-state index is 12.1.